The molecule has 0 radical (unpaired) electrons. The van der Waals surface area contributed by atoms with E-state index in [1.165, 1.54) is 0 Å². The number of carbonyl (C=O) groups is 1. The second-order valence-corrected chi connectivity index (χ2v) is 9.67. The molecule has 0 saturated heterocycles. The summed E-state index contributed by atoms with van der Waals surface area (Å²) in [5.74, 6) is 0.327. The molecule has 6 nitrogen and oxygen atoms in total. The number of carbonyl (C=O) groups excluding carboxylic acids is 1. The Kier molecular flexibility index (Phi) is 9.42. The average Bonchev–Trinajstić information content (AvgIpc) is 2.66. The Balaban J connectivity index is 1.71. The zero-order valence-corrected chi connectivity index (χ0v) is 19.3. The van der Waals surface area contributed by atoms with Crippen molar-refractivity contribution in [3.05, 3.63) is 63.6 Å². The lowest BCUT2D eigenvalue weighted by Crippen LogP contribution is -2.31. The molecular weight excluding hydrogens is 447 g/mol. The van der Waals surface area contributed by atoms with Crippen LogP contribution in [0.15, 0.2) is 42.5 Å². The molecule has 0 aliphatic heterocycles. The van der Waals surface area contributed by atoms with E-state index >= 15 is 0 Å². The Morgan fingerprint density at radius 3 is 2.40 bits per heavy atom. The van der Waals surface area contributed by atoms with Crippen LogP contribution in [0.25, 0.3) is 0 Å². The molecule has 0 unspecified atom stereocenters. The average molecular weight is 473 g/mol. The van der Waals surface area contributed by atoms with Crippen molar-refractivity contribution >= 4 is 39.1 Å². The van der Waals surface area contributed by atoms with Crippen LogP contribution in [-0.2, 0) is 27.1 Å². The molecule has 30 heavy (non-hydrogen) atoms. The predicted molar refractivity (Wildman–Crippen MR) is 120 cm³/mol. The van der Waals surface area contributed by atoms with Crippen LogP contribution in [0.4, 0.5) is 0 Å². The fraction of sp³-hybridized carbons (Fsp3) is 0.381. The number of ether oxygens (including phenoxy) is 1. The molecule has 1 amide bonds. The first-order valence-corrected chi connectivity index (χ1v) is 12.0. The lowest BCUT2D eigenvalue weighted by atomic mass is 10.1. The molecule has 2 N–H and O–H groups in total. The summed E-state index contributed by atoms with van der Waals surface area (Å²) in [4.78, 5) is 12.0. The lowest BCUT2D eigenvalue weighted by molar-refractivity contribution is -0.121. The van der Waals surface area contributed by atoms with Gasteiger partial charge in [0.25, 0.3) is 0 Å². The highest BCUT2D eigenvalue weighted by Gasteiger charge is 2.13. The second-order valence-electron chi connectivity index (χ2n) is 7.13. The van der Waals surface area contributed by atoms with Crippen LogP contribution in [0.3, 0.4) is 0 Å². The molecule has 0 heterocycles. The number of sulfonamides is 1. The van der Waals surface area contributed by atoms with Crippen molar-refractivity contribution in [2.45, 2.75) is 45.0 Å². The van der Waals surface area contributed by atoms with E-state index in [-0.39, 0.29) is 17.7 Å². The van der Waals surface area contributed by atoms with Gasteiger partial charge in [0.15, 0.2) is 0 Å². The molecule has 0 bridgehead atoms. The maximum absolute atomic E-state index is 12.0. The molecule has 2 rings (SSSR count). The summed E-state index contributed by atoms with van der Waals surface area (Å²) in [5, 5.41) is 3.62. The van der Waals surface area contributed by atoms with Crippen LogP contribution in [-0.4, -0.2) is 27.0 Å². The van der Waals surface area contributed by atoms with Crippen molar-refractivity contribution < 1.29 is 17.9 Å². The molecule has 9 heteroatoms. The van der Waals surface area contributed by atoms with Crippen LogP contribution in [0.1, 0.15) is 37.8 Å². The Bertz CT molecular complexity index is 948. The SMILES string of the molecule is CC(C)NS(=O)(=O)Cc1ccc(CNC(=O)CCCOc2cccc(Cl)c2Cl)cc1. The van der Waals surface area contributed by atoms with Crippen LogP contribution >= 0.6 is 23.2 Å². The van der Waals surface area contributed by atoms with Crippen molar-refractivity contribution in [1.82, 2.24) is 10.0 Å². The summed E-state index contributed by atoms with van der Waals surface area (Å²) in [6.07, 6.45) is 0.851. The van der Waals surface area contributed by atoms with Crippen molar-refractivity contribution in [3.63, 3.8) is 0 Å². The fourth-order valence-electron chi connectivity index (χ4n) is 2.67. The Morgan fingerprint density at radius 1 is 1.07 bits per heavy atom. The topological polar surface area (TPSA) is 84.5 Å². The third-order valence-electron chi connectivity index (χ3n) is 4.01. The van der Waals surface area contributed by atoms with E-state index in [2.05, 4.69) is 10.0 Å². The van der Waals surface area contributed by atoms with Gasteiger partial charge in [0.1, 0.15) is 10.8 Å². The third-order valence-corrected chi connectivity index (χ3v) is 6.35. The van der Waals surface area contributed by atoms with Gasteiger partial charge in [-0.2, -0.15) is 0 Å². The Labute approximate surface area is 188 Å². The minimum Gasteiger partial charge on any atom is -0.492 e. The zero-order valence-electron chi connectivity index (χ0n) is 17.0. The molecule has 0 aliphatic rings. The molecule has 0 aromatic heterocycles. The van der Waals surface area contributed by atoms with Gasteiger partial charge in [-0.05, 0) is 43.5 Å². The first kappa shape index (κ1) is 24.5. The van der Waals surface area contributed by atoms with E-state index in [1.54, 1.807) is 44.2 Å². The number of nitrogens with one attached hydrogen (secondary N) is 2. The Morgan fingerprint density at radius 2 is 1.73 bits per heavy atom. The maximum atomic E-state index is 12.0. The van der Waals surface area contributed by atoms with E-state index in [1.807, 2.05) is 12.1 Å². The highest BCUT2D eigenvalue weighted by Crippen LogP contribution is 2.31. The van der Waals surface area contributed by atoms with Gasteiger partial charge in [-0.25, -0.2) is 13.1 Å². The molecule has 0 atom stereocenters. The van der Waals surface area contributed by atoms with Crippen molar-refractivity contribution in [3.8, 4) is 5.75 Å². The van der Waals surface area contributed by atoms with Crippen molar-refractivity contribution in [2.75, 3.05) is 6.61 Å². The molecule has 0 saturated carbocycles. The molecule has 0 spiro atoms. The number of hydrogen-bond acceptors (Lipinski definition) is 4. The highest BCUT2D eigenvalue weighted by molar-refractivity contribution is 7.88. The molecule has 0 fully saturated rings. The number of amides is 1. The van der Waals surface area contributed by atoms with Gasteiger partial charge in [0.2, 0.25) is 15.9 Å². The lowest BCUT2D eigenvalue weighted by Gasteiger charge is -2.10. The van der Waals surface area contributed by atoms with E-state index < -0.39 is 10.0 Å². The standard InChI is InChI=1S/C21H26Cl2N2O4S/c1-15(2)25-30(27,28)14-17-10-8-16(9-11-17)13-24-20(26)7-4-12-29-19-6-3-5-18(22)21(19)23/h3,5-6,8-11,15,25H,4,7,12-14H2,1-2H3,(H,24,26). The van der Waals surface area contributed by atoms with Crippen molar-refractivity contribution in [2.24, 2.45) is 0 Å². The number of hydrogen-bond donors (Lipinski definition) is 2. The van der Waals surface area contributed by atoms with Gasteiger partial charge in [-0.1, -0.05) is 53.5 Å². The quantitative estimate of drug-likeness (QED) is 0.477. The Hall–Kier alpha value is -1.80. The second kappa shape index (κ2) is 11.6. The number of halogens is 2. The maximum Gasteiger partial charge on any atom is 0.220 e. The summed E-state index contributed by atoms with van der Waals surface area (Å²) in [6.45, 7) is 4.28. The summed E-state index contributed by atoms with van der Waals surface area (Å²) < 4.78 is 32.0. The number of rotatable bonds is 11. The smallest absolute Gasteiger partial charge is 0.220 e. The van der Waals surface area contributed by atoms with Gasteiger partial charge in [-0.15, -0.1) is 0 Å². The highest BCUT2D eigenvalue weighted by atomic mass is 35.5. The van der Waals surface area contributed by atoms with Crippen LogP contribution in [0.5, 0.6) is 5.75 Å². The molecule has 0 aliphatic carbocycles. The normalized spacial score (nSPS) is 11.5. The van der Waals surface area contributed by atoms with Gasteiger partial charge in [-0.3, -0.25) is 4.79 Å². The van der Waals surface area contributed by atoms with Crippen LogP contribution < -0.4 is 14.8 Å². The predicted octanol–water partition coefficient (Wildman–Crippen LogP) is 4.30. The summed E-state index contributed by atoms with van der Waals surface area (Å²) >= 11 is 12.0. The van der Waals surface area contributed by atoms with E-state index in [0.717, 1.165) is 5.56 Å². The van der Waals surface area contributed by atoms with E-state index in [9.17, 15) is 13.2 Å². The van der Waals surface area contributed by atoms with Gasteiger partial charge < -0.3 is 10.1 Å². The van der Waals surface area contributed by atoms with Gasteiger partial charge in [0.05, 0.1) is 17.4 Å². The summed E-state index contributed by atoms with van der Waals surface area (Å²) in [6, 6.07) is 12.1. The summed E-state index contributed by atoms with van der Waals surface area (Å²) in [5.41, 5.74) is 1.58. The minimum absolute atomic E-state index is 0.0749. The zero-order chi connectivity index (χ0) is 22.1. The van der Waals surface area contributed by atoms with E-state index in [4.69, 9.17) is 27.9 Å². The van der Waals surface area contributed by atoms with E-state index in [0.29, 0.717) is 47.4 Å². The largest absolute Gasteiger partial charge is 0.492 e. The fourth-order valence-corrected chi connectivity index (χ4v) is 4.45. The molecule has 2 aromatic rings. The first-order chi connectivity index (χ1) is 14.2. The molecule has 2 aromatic carbocycles. The van der Waals surface area contributed by atoms with Crippen molar-refractivity contribution in [1.29, 1.82) is 0 Å². The third kappa shape index (κ3) is 8.52. The van der Waals surface area contributed by atoms with Crippen LogP contribution in [0.2, 0.25) is 10.0 Å². The van der Waals surface area contributed by atoms with Gasteiger partial charge in [0, 0.05) is 19.0 Å². The van der Waals surface area contributed by atoms with Crippen LogP contribution in [0, 0.1) is 0 Å². The molecule has 164 valence electrons. The number of benzene rings is 2. The molecular formula is C21H26Cl2N2O4S. The monoisotopic (exact) mass is 472 g/mol. The summed E-state index contributed by atoms with van der Waals surface area (Å²) in [7, 11) is -3.36. The van der Waals surface area contributed by atoms with Gasteiger partial charge >= 0.3 is 0 Å². The first-order valence-electron chi connectivity index (χ1n) is 9.57. The minimum atomic E-state index is -3.36.